The van der Waals surface area contributed by atoms with Gasteiger partial charge in [-0.2, -0.15) is 0 Å². The summed E-state index contributed by atoms with van der Waals surface area (Å²) in [5, 5.41) is 5.10. The van der Waals surface area contributed by atoms with Gasteiger partial charge in [0.05, 0.1) is 0 Å². The molecular weight excluding hydrogens is 244 g/mol. The summed E-state index contributed by atoms with van der Waals surface area (Å²) in [6.07, 6.45) is 7.74. The Hall–Kier alpha value is -1.28. The third-order valence-corrected chi connectivity index (χ3v) is 4.65. The fourth-order valence-corrected chi connectivity index (χ4v) is 3.50. The molecule has 0 saturated heterocycles. The summed E-state index contributed by atoms with van der Waals surface area (Å²) in [6.45, 7) is 6.70. The third-order valence-electron chi connectivity index (χ3n) is 4.65. The van der Waals surface area contributed by atoms with Crippen LogP contribution in [0.25, 0.3) is 10.9 Å². The molecule has 2 nitrogen and oxygen atoms in total. The maximum Gasteiger partial charge on any atom is 0.0483 e. The Morgan fingerprint density at radius 2 is 2.15 bits per heavy atom. The summed E-state index contributed by atoms with van der Waals surface area (Å²) in [5.41, 5.74) is 2.70. The minimum atomic E-state index is 0.738. The summed E-state index contributed by atoms with van der Waals surface area (Å²) >= 11 is 0. The van der Waals surface area contributed by atoms with Gasteiger partial charge in [0.1, 0.15) is 0 Å². The molecule has 3 rings (SSSR count). The van der Waals surface area contributed by atoms with E-state index >= 15 is 0 Å². The van der Waals surface area contributed by atoms with Gasteiger partial charge in [-0.1, -0.05) is 31.9 Å². The highest BCUT2D eigenvalue weighted by Crippen LogP contribution is 2.23. The first-order chi connectivity index (χ1) is 9.72. The molecule has 0 bridgehead atoms. The zero-order valence-corrected chi connectivity index (χ0v) is 12.7. The van der Waals surface area contributed by atoms with Crippen LogP contribution in [0.15, 0.2) is 30.5 Å². The highest BCUT2D eigenvalue weighted by Gasteiger charge is 2.17. The Balaban J connectivity index is 1.58. The van der Waals surface area contributed by atoms with E-state index < -0.39 is 0 Å². The molecule has 1 fully saturated rings. The van der Waals surface area contributed by atoms with Gasteiger partial charge in [0, 0.05) is 30.8 Å². The topological polar surface area (TPSA) is 17.0 Å². The van der Waals surface area contributed by atoms with E-state index in [0.717, 1.165) is 25.0 Å². The van der Waals surface area contributed by atoms with Crippen molar-refractivity contribution in [2.75, 3.05) is 6.54 Å². The largest absolute Gasteiger partial charge is 0.346 e. The molecule has 20 heavy (non-hydrogen) atoms. The molecular formula is C18H26N2. The summed E-state index contributed by atoms with van der Waals surface area (Å²) in [4.78, 5) is 0. The van der Waals surface area contributed by atoms with Crippen LogP contribution in [-0.2, 0) is 6.54 Å². The number of hydrogen-bond donors (Lipinski definition) is 1. The Kier molecular flexibility index (Phi) is 4.11. The lowest BCUT2D eigenvalue weighted by Crippen LogP contribution is -2.35. The van der Waals surface area contributed by atoms with E-state index in [2.05, 4.69) is 54.2 Å². The second-order valence-corrected chi connectivity index (χ2v) is 6.49. The smallest absolute Gasteiger partial charge is 0.0483 e. The van der Waals surface area contributed by atoms with E-state index in [1.54, 1.807) is 0 Å². The molecule has 1 aromatic carbocycles. The Morgan fingerprint density at radius 1 is 1.25 bits per heavy atom. The molecule has 2 heteroatoms. The van der Waals surface area contributed by atoms with Gasteiger partial charge in [-0.15, -0.1) is 0 Å². The number of fused-ring (bicyclic) bond motifs is 1. The first kappa shape index (κ1) is 13.7. The Morgan fingerprint density at radius 3 is 3.00 bits per heavy atom. The van der Waals surface area contributed by atoms with Crippen LogP contribution < -0.4 is 5.32 Å². The van der Waals surface area contributed by atoms with Crippen molar-refractivity contribution in [3.8, 4) is 0 Å². The number of rotatable bonds is 4. The fraction of sp³-hybridized carbons (Fsp3) is 0.556. The number of aryl methyl sites for hydroxylation is 1. The van der Waals surface area contributed by atoms with Crippen molar-refractivity contribution in [3.05, 3.63) is 36.0 Å². The molecule has 2 atom stereocenters. The van der Waals surface area contributed by atoms with E-state index in [4.69, 9.17) is 0 Å². The summed E-state index contributed by atoms with van der Waals surface area (Å²) < 4.78 is 2.38. The van der Waals surface area contributed by atoms with Crippen molar-refractivity contribution >= 4 is 10.9 Å². The van der Waals surface area contributed by atoms with Crippen molar-refractivity contribution in [2.45, 2.75) is 52.1 Å². The van der Waals surface area contributed by atoms with Crippen LogP contribution in [-0.4, -0.2) is 17.2 Å². The minimum Gasteiger partial charge on any atom is -0.346 e. The van der Waals surface area contributed by atoms with E-state index in [0.29, 0.717) is 0 Å². The molecule has 1 aliphatic carbocycles. The first-order valence-corrected chi connectivity index (χ1v) is 8.01. The standard InChI is InChI=1S/C18H26N2/c1-14-4-3-5-17(12-14)19-9-11-20-10-8-16-7-6-15(2)13-18(16)20/h6-8,10,13-14,17,19H,3-5,9,11-12H2,1-2H3. The van der Waals surface area contributed by atoms with E-state index in [1.165, 1.54) is 42.1 Å². The first-order valence-electron chi connectivity index (χ1n) is 8.01. The maximum atomic E-state index is 3.75. The SMILES string of the molecule is Cc1ccc2ccn(CCNC3CCCC(C)C3)c2c1. The third kappa shape index (κ3) is 3.06. The van der Waals surface area contributed by atoms with Gasteiger partial charge in [-0.3, -0.25) is 0 Å². The van der Waals surface area contributed by atoms with Crippen LogP contribution in [0.4, 0.5) is 0 Å². The van der Waals surface area contributed by atoms with E-state index in [-0.39, 0.29) is 0 Å². The molecule has 1 aliphatic rings. The van der Waals surface area contributed by atoms with Crippen LogP contribution >= 0.6 is 0 Å². The number of benzene rings is 1. The van der Waals surface area contributed by atoms with Gasteiger partial charge in [0.15, 0.2) is 0 Å². The highest BCUT2D eigenvalue weighted by atomic mass is 15.0. The molecule has 0 amide bonds. The zero-order valence-electron chi connectivity index (χ0n) is 12.7. The van der Waals surface area contributed by atoms with Crippen molar-refractivity contribution in [1.29, 1.82) is 0 Å². The van der Waals surface area contributed by atoms with Crippen LogP contribution in [0, 0.1) is 12.8 Å². The molecule has 0 radical (unpaired) electrons. The van der Waals surface area contributed by atoms with Crippen molar-refractivity contribution < 1.29 is 0 Å². The summed E-state index contributed by atoms with van der Waals surface area (Å²) in [6, 6.07) is 9.66. The monoisotopic (exact) mass is 270 g/mol. The van der Waals surface area contributed by atoms with Gasteiger partial charge in [0.25, 0.3) is 0 Å². The average Bonchev–Trinajstić information content (AvgIpc) is 2.82. The predicted molar refractivity (Wildman–Crippen MR) is 86.1 cm³/mol. The normalized spacial score (nSPS) is 23.3. The molecule has 108 valence electrons. The Labute approximate surface area is 122 Å². The second-order valence-electron chi connectivity index (χ2n) is 6.49. The number of nitrogens with one attached hydrogen (secondary N) is 1. The summed E-state index contributed by atoms with van der Waals surface area (Å²) in [7, 11) is 0. The van der Waals surface area contributed by atoms with E-state index in [9.17, 15) is 0 Å². The van der Waals surface area contributed by atoms with Crippen molar-refractivity contribution in [2.24, 2.45) is 5.92 Å². The molecule has 1 saturated carbocycles. The average molecular weight is 270 g/mol. The summed E-state index contributed by atoms with van der Waals surface area (Å²) in [5.74, 6) is 0.899. The molecule has 2 aromatic rings. The number of hydrogen-bond acceptors (Lipinski definition) is 1. The van der Waals surface area contributed by atoms with Crippen molar-refractivity contribution in [3.63, 3.8) is 0 Å². The lowest BCUT2D eigenvalue weighted by molar-refractivity contribution is 0.299. The van der Waals surface area contributed by atoms with Gasteiger partial charge < -0.3 is 9.88 Å². The molecule has 1 aromatic heterocycles. The highest BCUT2D eigenvalue weighted by molar-refractivity contribution is 5.80. The van der Waals surface area contributed by atoms with Gasteiger partial charge >= 0.3 is 0 Å². The zero-order chi connectivity index (χ0) is 13.9. The van der Waals surface area contributed by atoms with Crippen molar-refractivity contribution in [1.82, 2.24) is 9.88 Å². The number of aromatic nitrogens is 1. The van der Waals surface area contributed by atoms with Crippen LogP contribution in [0.2, 0.25) is 0 Å². The van der Waals surface area contributed by atoms with Crippen LogP contribution in [0.3, 0.4) is 0 Å². The van der Waals surface area contributed by atoms with Gasteiger partial charge in [-0.25, -0.2) is 0 Å². The molecule has 1 N–H and O–H groups in total. The molecule has 2 unspecified atom stereocenters. The van der Waals surface area contributed by atoms with Gasteiger partial charge in [-0.05, 0) is 48.8 Å². The van der Waals surface area contributed by atoms with Gasteiger partial charge in [0.2, 0.25) is 0 Å². The Bertz CT molecular complexity index is 570. The minimum absolute atomic E-state index is 0.738. The molecule has 0 spiro atoms. The van der Waals surface area contributed by atoms with Crippen LogP contribution in [0.1, 0.15) is 38.2 Å². The maximum absolute atomic E-state index is 3.75. The molecule has 1 heterocycles. The predicted octanol–water partition coefficient (Wildman–Crippen LogP) is 4.12. The lowest BCUT2D eigenvalue weighted by Gasteiger charge is -2.27. The number of nitrogens with zero attached hydrogens (tertiary/aromatic N) is 1. The second kappa shape index (κ2) is 6.01. The lowest BCUT2D eigenvalue weighted by atomic mass is 9.87. The fourth-order valence-electron chi connectivity index (χ4n) is 3.50. The van der Waals surface area contributed by atoms with E-state index in [1.807, 2.05) is 0 Å². The quantitative estimate of drug-likeness (QED) is 0.884. The van der Waals surface area contributed by atoms with Crippen LogP contribution in [0.5, 0.6) is 0 Å². The molecule has 0 aliphatic heterocycles.